The van der Waals surface area contributed by atoms with E-state index in [2.05, 4.69) is 0 Å². The molecule has 4 nitrogen and oxygen atoms in total. The number of carbonyl (C=O) groups is 1. The number of carbonyl (C=O) groups excluding carboxylic acids is 1. The standard InChI is InChI=1S/C19H29BO4/c1-17(2,3)22-16(21)13-15(14-11-9-8-10-12-14)20-23-18(4,5)19(6,7)24-20/h8-12,15H,13H2,1-7H3. The van der Waals surface area contributed by atoms with Crippen molar-refractivity contribution in [2.45, 2.75) is 77.5 Å². The van der Waals surface area contributed by atoms with Gasteiger partial charge in [0.05, 0.1) is 17.6 Å². The maximum atomic E-state index is 12.4. The number of rotatable bonds is 4. The minimum atomic E-state index is -0.506. The second kappa shape index (κ2) is 6.53. The van der Waals surface area contributed by atoms with E-state index in [1.165, 1.54) is 0 Å². The molecule has 1 fully saturated rings. The molecule has 0 bridgehead atoms. The summed E-state index contributed by atoms with van der Waals surface area (Å²) in [7, 11) is -0.482. The lowest BCUT2D eigenvalue weighted by Gasteiger charge is -2.32. The van der Waals surface area contributed by atoms with E-state index >= 15 is 0 Å². The predicted octanol–water partition coefficient (Wildman–Crippen LogP) is 4.13. The highest BCUT2D eigenvalue weighted by Crippen LogP contribution is 2.41. The lowest BCUT2D eigenvalue weighted by atomic mass is 9.66. The Hall–Kier alpha value is -1.33. The van der Waals surface area contributed by atoms with Crippen LogP contribution in [-0.2, 0) is 18.8 Å². The summed E-state index contributed by atoms with van der Waals surface area (Å²) in [5, 5.41) is 0. The Bertz CT molecular complexity index is 559. The van der Waals surface area contributed by atoms with Crippen LogP contribution < -0.4 is 0 Å². The summed E-state index contributed by atoms with van der Waals surface area (Å²) in [4.78, 5) is 12.4. The molecule has 0 N–H and O–H groups in total. The van der Waals surface area contributed by atoms with Gasteiger partial charge in [0, 0.05) is 5.82 Å². The molecule has 132 valence electrons. The van der Waals surface area contributed by atoms with Crippen molar-refractivity contribution in [1.29, 1.82) is 0 Å². The SMILES string of the molecule is CC(C)(C)OC(=O)CC(B1OC(C)(C)C(C)(C)O1)c1ccccc1. The van der Waals surface area contributed by atoms with Crippen LogP contribution in [0.1, 0.15) is 66.3 Å². The Morgan fingerprint density at radius 1 is 1.08 bits per heavy atom. The molecule has 1 aromatic rings. The number of benzene rings is 1. The molecule has 1 aliphatic rings. The van der Waals surface area contributed by atoms with Crippen molar-refractivity contribution >= 4 is 13.1 Å². The van der Waals surface area contributed by atoms with Crippen molar-refractivity contribution in [3.05, 3.63) is 35.9 Å². The minimum absolute atomic E-state index is 0.206. The maximum absolute atomic E-state index is 12.4. The van der Waals surface area contributed by atoms with E-state index < -0.39 is 23.9 Å². The summed E-state index contributed by atoms with van der Waals surface area (Å²) in [5.74, 6) is -0.451. The van der Waals surface area contributed by atoms with Gasteiger partial charge in [-0.2, -0.15) is 0 Å². The van der Waals surface area contributed by atoms with Gasteiger partial charge in [-0.3, -0.25) is 4.79 Å². The van der Waals surface area contributed by atoms with E-state index in [0.29, 0.717) is 0 Å². The molecule has 0 radical (unpaired) electrons. The maximum Gasteiger partial charge on any atom is 0.466 e. The average Bonchev–Trinajstić information content (AvgIpc) is 2.63. The quantitative estimate of drug-likeness (QED) is 0.614. The van der Waals surface area contributed by atoms with Crippen LogP contribution in [0.3, 0.4) is 0 Å². The van der Waals surface area contributed by atoms with Crippen molar-refractivity contribution < 1.29 is 18.8 Å². The zero-order valence-electron chi connectivity index (χ0n) is 15.9. The largest absolute Gasteiger partial charge is 0.466 e. The van der Waals surface area contributed by atoms with Crippen LogP contribution in [0.4, 0.5) is 0 Å². The first kappa shape index (κ1) is 19.0. The van der Waals surface area contributed by atoms with Gasteiger partial charge in [-0.25, -0.2) is 0 Å². The molecule has 1 aromatic carbocycles. The van der Waals surface area contributed by atoms with Crippen LogP contribution in [-0.4, -0.2) is 29.9 Å². The van der Waals surface area contributed by atoms with E-state index in [-0.39, 0.29) is 18.2 Å². The van der Waals surface area contributed by atoms with E-state index in [1.54, 1.807) is 0 Å². The lowest BCUT2D eigenvalue weighted by molar-refractivity contribution is -0.155. The van der Waals surface area contributed by atoms with Gasteiger partial charge in [0.2, 0.25) is 0 Å². The third-order valence-corrected chi connectivity index (χ3v) is 4.63. The normalized spacial score (nSPS) is 20.7. The first-order chi connectivity index (χ1) is 10.9. The highest BCUT2D eigenvalue weighted by atomic mass is 16.7. The molecule has 0 amide bonds. The summed E-state index contributed by atoms with van der Waals surface area (Å²) in [6, 6.07) is 9.88. The van der Waals surface area contributed by atoms with Crippen molar-refractivity contribution in [3.8, 4) is 0 Å². The molecule has 24 heavy (non-hydrogen) atoms. The number of hydrogen-bond acceptors (Lipinski definition) is 4. The van der Waals surface area contributed by atoms with Gasteiger partial charge in [-0.15, -0.1) is 0 Å². The molecular weight excluding hydrogens is 303 g/mol. The fourth-order valence-corrected chi connectivity index (χ4v) is 2.69. The Labute approximate surface area is 146 Å². The fourth-order valence-electron chi connectivity index (χ4n) is 2.69. The van der Waals surface area contributed by atoms with Gasteiger partial charge in [0.1, 0.15) is 5.60 Å². The molecule has 0 saturated carbocycles. The highest BCUT2D eigenvalue weighted by Gasteiger charge is 2.54. The fraction of sp³-hybridized carbons (Fsp3) is 0.632. The van der Waals surface area contributed by atoms with Gasteiger partial charge in [0.25, 0.3) is 0 Å². The number of hydrogen-bond donors (Lipinski definition) is 0. The summed E-state index contributed by atoms with van der Waals surface area (Å²) in [6.07, 6.45) is 0.220. The first-order valence-corrected chi connectivity index (χ1v) is 8.54. The van der Waals surface area contributed by atoms with Gasteiger partial charge < -0.3 is 14.0 Å². The van der Waals surface area contributed by atoms with E-state index in [1.807, 2.05) is 78.8 Å². The van der Waals surface area contributed by atoms with Crippen molar-refractivity contribution in [2.24, 2.45) is 0 Å². The molecule has 1 atom stereocenters. The van der Waals surface area contributed by atoms with E-state index in [0.717, 1.165) is 5.56 Å². The van der Waals surface area contributed by atoms with Crippen molar-refractivity contribution in [2.75, 3.05) is 0 Å². The molecule has 0 spiro atoms. The van der Waals surface area contributed by atoms with Crippen LogP contribution in [0.2, 0.25) is 0 Å². The summed E-state index contributed by atoms with van der Waals surface area (Å²) in [6.45, 7) is 13.7. The second-order valence-electron chi connectivity index (χ2n) is 8.43. The van der Waals surface area contributed by atoms with Crippen LogP contribution in [0.5, 0.6) is 0 Å². The summed E-state index contributed by atoms with van der Waals surface area (Å²) < 4.78 is 17.9. The van der Waals surface area contributed by atoms with E-state index in [4.69, 9.17) is 14.0 Å². The Kier molecular flexibility index (Phi) is 5.17. The Morgan fingerprint density at radius 3 is 2.04 bits per heavy atom. The number of esters is 1. The highest BCUT2D eigenvalue weighted by molar-refractivity contribution is 6.48. The lowest BCUT2D eigenvalue weighted by Crippen LogP contribution is -2.41. The van der Waals surface area contributed by atoms with Crippen molar-refractivity contribution in [3.63, 3.8) is 0 Å². The van der Waals surface area contributed by atoms with E-state index in [9.17, 15) is 4.79 Å². The van der Waals surface area contributed by atoms with Gasteiger partial charge in [0.15, 0.2) is 0 Å². The molecule has 1 heterocycles. The monoisotopic (exact) mass is 332 g/mol. The van der Waals surface area contributed by atoms with Crippen LogP contribution in [0.15, 0.2) is 30.3 Å². The summed E-state index contributed by atoms with van der Waals surface area (Å²) in [5.41, 5.74) is -0.354. The average molecular weight is 332 g/mol. The molecule has 0 aromatic heterocycles. The van der Waals surface area contributed by atoms with Crippen LogP contribution in [0, 0.1) is 0 Å². The molecule has 5 heteroatoms. The van der Waals surface area contributed by atoms with Crippen LogP contribution >= 0.6 is 0 Å². The molecule has 1 unspecified atom stereocenters. The van der Waals surface area contributed by atoms with Gasteiger partial charge in [-0.05, 0) is 54.0 Å². The minimum Gasteiger partial charge on any atom is -0.460 e. The zero-order chi connectivity index (χ0) is 18.2. The van der Waals surface area contributed by atoms with Gasteiger partial charge in [-0.1, -0.05) is 30.3 Å². The van der Waals surface area contributed by atoms with Gasteiger partial charge >= 0.3 is 13.1 Å². The molecular formula is C19H29BO4. The third-order valence-electron chi connectivity index (χ3n) is 4.63. The molecule has 2 rings (SSSR count). The third kappa shape index (κ3) is 4.39. The molecule has 1 aliphatic heterocycles. The Balaban J connectivity index is 2.24. The molecule has 0 aliphatic carbocycles. The number of ether oxygens (including phenoxy) is 1. The topological polar surface area (TPSA) is 44.8 Å². The second-order valence-corrected chi connectivity index (χ2v) is 8.43. The first-order valence-electron chi connectivity index (χ1n) is 8.54. The molecule has 1 saturated heterocycles. The van der Waals surface area contributed by atoms with Crippen molar-refractivity contribution in [1.82, 2.24) is 0 Å². The Morgan fingerprint density at radius 2 is 1.58 bits per heavy atom. The zero-order valence-corrected chi connectivity index (χ0v) is 15.9. The smallest absolute Gasteiger partial charge is 0.460 e. The predicted molar refractivity (Wildman–Crippen MR) is 95.7 cm³/mol. The van der Waals surface area contributed by atoms with Crippen LogP contribution in [0.25, 0.3) is 0 Å². The summed E-state index contributed by atoms with van der Waals surface area (Å²) >= 11 is 0.